The fourth-order valence-corrected chi connectivity index (χ4v) is 4.32. The summed E-state index contributed by atoms with van der Waals surface area (Å²) in [5, 5.41) is 9.48. The van der Waals surface area contributed by atoms with Crippen LogP contribution in [0.4, 0.5) is 0 Å². The number of aliphatic carboxylic acids is 1. The minimum atomic E-state index is -0.960. The van der Waals surface area contributed by atoms with Crippen LogP contribution in [0.3, 0.4) is 0 Å². The van der Waals surface area contributed by atoms with E-state index in [9.17, 15) is 14.7 Å². The Hall–Kier alpha value is -1.66. The molecule has 2 bridgehead atoms. The number of nitrogens with zero attached hydrogens (tertiary/aromatic N) is 1. The molecule has 0 unspecified atom stereocenters. The van der Waals surface area contributed by atoms with E-state index in [1.165, 1.54) is 0 Å². The molecule has 1 aromatic rings. The summed E-state index contributed by atoms with van der Waals surface area (Å²) in [7, 11) is 0. The van der Waals surface area contributed by atoms with E-state index in [0.717, 1.165) is 10.0 Å². The maximum absolute atomic E-state index is 12.9. The van der Waals surface area contributed by atoms with Crippen LogP contribution in [-0.2, 0) is 14.3 Å². The Morgan fingerprint density at radius 1 is 1.43 bits per heavy atom. The van der Waals surface area contributed by atoms with Crippen LogP contribution in [0.2, 0.25) is 0 Å². The fraction of sp³-hybridized carbons (Fsp3) is 0.412. The van der Waals surface area contributed by atoms with Crippen LogP contribution in [0.5, 0.6) is 0 Å². The van der Waals surface area contributed by atoms with E-state index >= 15 is 0 Å². The Bertz CT molecular complexity index is 716. The van der Waals surface area contributed by atoms with Crippen molar-refractivity contribution in [2.75, 3.05) is 6.54 Å². The lowest BCUT2D eigenvalue weighted by molar-refractivity contribution is -0.148. The molecule has 0 radical (unpaired) electrons. The average Bonchev–Trinajstić information content (AvgIpc) is 3.15. The van der Waals surface area contributed by atoms with Crippen LogP contribution in [0, 0.1) is 11.8 Å². The van der Waals surface area contributed by atoms with Crippen molar-refractivity contribution in [1.82, 2.24) is 4.90 Å². The number of hydrogen-bond donors (Lipinski definition) is 1. The zero-order valence-corrected chi connectivity index (χ0v) is 14.1. The van der Waals surface area contributed by atoms with Gasteiger partial charge in [0.25, 0.3) is 0 Å². The molecule has 3 heterocycles. The molecule has 5 atom stereocenters. The monoisotopic (exact) mass is 377 g/mol. The first kappa shape index (κ1) is 14.9. The largest absolute Gasteiger partial charge is 0.481 e. The number of fused-ring (bicyclic) bond motifs is 1. The Balaban J connectivity index is 1.66. The topological polar surface area (TPSA) is 66.8 Å². The Labute approximate surface area is 142 Å². The van der Waals surface area contributed by atoms with Gasteiger partial charge in [0.2, 0.25) is 5.91 Å². The lowest BCUT2D eigenvalue weighted by Gasteiger charge is -2.27. The van der Waals surface area contributed by atoms with Gasteiger partial charge in [-0.15, -0.1) is 0 Å². The van der Waals surface area contributed by atoms with Crippen molar-refractivity contribution in [2.45, 2.75) is 24.7 Å². The van der Waals surface area contributed by atoms with E-state index in [4.69, 9.17) is 4.74 Å². The van der Waals surface area contributed by atoms with Crippen LogP contribution >= 0.6 is 15.9 Å². The van der Waals surface area contributed by atoms with Crippen LogP contribution in [0.1, 0.15) is 18.5 Å². The van der Waals surface area contributed by atoms with Gasteiger partial charge in [0, 0.05) is 4.47 Å². The van der Waals surface area contributed by atoms with E-state index < -0.39 is 29.5 Å². The van der Waals surface area contributed by atoms with Gasteiger partial charge in [-0.05, 0) is 24.6 Å². The normalized spacial score (nSPS) is 35.7. The molecule has 1 aromatic carbocycles. The molecule has 120 valence electrons. The smallest absolute Gasteiger partial charge is 0.310 e. The minimum Gasteiger partial charge on any atom is -0.481 e. The molecule has 23 heavy (non-hydrogen) atoms. The molecular weight excluding hydrogens is 362 g/mol. The number of halogens is 1. The van der Waals surface area contributed by atoms with Gasteiger partial charge >= 0.3 is 5.97 Å². The van der Waals surface area contributed by atoms with Crippen molar-refractivity contribution >= 4 is 27.8 Å². The average molecular weight is 378 g/mol. The standard InChI is InChI=1S/C17H16BrNO4/c1-9(10-2-4-11(18)5-3-10)19-8-17-7-6-12(23-17)13(16(21)22)14(17)15(19)20/h2-7,9,12-14H,8H2,1H3,(H,21,22)/t9-,12+,13-,14+,17+/m0/s1. The summed E-state index contributed by atoms with van der Waals surface area (Å²) in [5.41, 5.74) is 0.248. The molecule has 0 saturated carbocycles. The predicted octanol–water partition coefficient (Wildman–Crippen LogP) is 2.38. The third-order valence-corrected chi connectivity index (χ3v) is 5.76. The SMILES string of the molecule is C[C@@H](c1ccc(Br)cc1)N1C[C@@]23C=C[C@@H](O2)[C@H](C(=O)O)[C@@H]3C1=O. The van der Waals surface area contributed by atoms with Crippen LogP contribution in [-0.4, -0.2) is 40.1 Å². The molecular formula is C17H16BrNO4. The zero-order chi connectivity index (χ0) is 16.4. The first-order chi connectivity index (χ1) is 10.9. The molecule has 1 amide bonds. The number of benzene rings is 1. The Morgan fingerprint density at radius 3 is 2.78 bits per heavy atom. The highest BCUT2D eigenvalue weighted by molar-refractivity contribution is 9.10. The number of carbonyl (C=O) groups excluding carboxylic acids is 1. The first-order valence-electron chi connectivity index (χ1n) is 7.59. The van der Waals surface area contributed by atoms with E-state index in [-0.39, 0.29) is 11.9 Å². The van der Waals surface area contributed by atoms with Gasteiger partial charge in [0.1, 0.15) is 11.5 Å². The van der Waals surface area contributed by atoms with Gasteiger partial charge in [-0.25, -0.2) is 0 Å². The number of hydrogen-bond acceptors (Lipinski definition) is 3. The molecule has 1 N–H and O–H groups in total. The van der Waals surface area contributed by atoms with E-state index in [1.54, 1.807) is 11.0 Å². The van der Waals surface area contributed by atoms with Crippen LogP contribution < -0.4 is 0 Å². The summed E-state index contributed by atoms with van der Waals surface area (Å²) < 4.78 is 6.88. The van der Waals surface area contributed by atoms with Crippen molar-refractivity contribution in [3.05, 3.63) is 46.5 Å². The summed E-state index contributed by atoms with van der Waals surface area (Å²) in [6, 6.07) is 7.69. The quantitative estimate of drug-likeness (QED) is 0.821. The number of likely N-dealkylation sites (tertiary alicyclic amines) is 1. The summed E-state index contributed by atoms with van der Waals surface area (Å²) >= 11 is 3.40. The zero-order valence-electron chi connectivity index (χ0n) is 12.5. The predicted molar refractivity (Wildman–Crippen MR) is 85.6 cm³/mol. The van der Waals surface area contributed by atoms with E-state index in [0.29, 0.717) is 6.54 Å². The number of rotatable bonds is 3. The third-order valence-electron chi connectivity index (χ3n) is 5.23. The van der Waals surface area contributed by atoms with Crippen molar-refractivity contribution in [3.8, 4) is 0 Å². The third kappa shape index (κ3) is 2.01. The molecule has 0 aliphatic carbocycles. The molecule has 2 saturated heterocycles. The Kier molecular flexibility index (Phi) is 3.19. The highest BCUT2D eigenvalue weighted by Crippen LogP contribution is 2.53. The molecule has 6 heteroatoms. The molecule has 3 aliphatic rings. The van der Waals surface area contributed by atoms with Gasteiger partial charge in [-0.1, -0.05) is 40.2 Å². The molecule has 4 rings (SSSR count). The highest BCUT2D eigenvalue weighted by Gasteiger charge is 2.67. The van der Waals surface area contributed by atoms with Crippen molar-refractivity contribution in [1.29, 1.82) is 0 Å². The summed E-state index contributed by atoms with van der Waals surface area (Å²) in [6.07, 6.45) is 3.19. The maximum Gasteiger partial charge on any atom is 0.310 e. The molecule has 1 spiro atoms. The van der Waals surface area contributed by atoms with Gasteiger partial charge in [0.05, 0.1) is 24.6 Å². The van der Waals surface area contributed by atoms with Gasteiger partial charge in [-0.2, -0.15) is 0 Å². The van der Waals surface area contributed by atoms with Gasteiger partial charge < -0.3 is 14.7 Å². The molecule has 5 nitrogen and oxygen atoms in total. The van der Waals surface area contributed by atoms with Crippen molar-refractivity contribution in [2.24, 2.45) is 11.8 Å². The molecule has 3 aliphatic heterocycles. The van der Waals surface area contributed by atoms with Gasteiger partial charge in [0.15, 0.2) is 0 Å². The van der Waals surface area contributed by atoms with Gasteiger partial charge in [-0.3, -0.25) is 9.59 Å². The maximum atomic E-state index is 12.9. The number of amides is 1. The van der Waals surface area contributed by atoms with Crippen LogP contribution in [0.15, 0.2) is 40.9 Å². The second kappa shape index (κ2) is 4.92. The van der Waals surface area contributed by atoms with E-state index in [2.05, 4.69) is 15.9 Å². The summed E-state index contributed by atoms with van der Waals surface area (Å²) in [5.74, 6) is -2.49. The van der Waals surface area contributed by atoms with Crippen molar-refractivity contribution in [3.63, 3.8) is 0 Å². The Morgan fingerprint density at radius 2 is 2.13 bits per heavy atom. The number of ether oxygens (including phenoxy) is 1. The lowest BCUT2D eigenvalue weighted by atomic mass is 9.77. The summed E-state index contributed by atoms with van der Waals surface area (Å²) in [4.78, 5) is 26.2. The lowest BCUT2D eigenvalue weighted by Crippen LogP contribution is -2.39. The molecule has 0 aromatic heterocycles. The minimum absolute atomic E-state index is 0.124. The first-order valence-corrected chi connectivity index (χ1v) is 8.38. The second-order valence-electron chi connectivity index (χ2n) is 6.43. The molecule has 2 fully saturated rings. The number of carbonyl (C=O) groups is 2. The fourth-order valence-electron chi connectivity index (χ4n) is 4.06. The van der Waals surface area contributed by atoms with Crippen molar-refractivity contribution < 1.29 is 19.4 Å². The number of carboxylic acids is 1. The van der Waals surface area contributed by atoms with Crippen LogP contribution in [0.25, 0.3) is 0 Å². The highest BCUT2D eigenvalue weighted by atomic mass is 79.9. The number of carboxylic acid groups (broad SMARTS) is 1. The summed E-state index contributed by atoms with van der Waals surface area (Å²) in [6.45, 7) is 2.37. The second-order valence-corrected chi connectivity index (χ2v) is 7.35. The van der Waals surface area contributed by atoms with E-state index in [1.807, 2.05) is 37.3 Å².